The van der Waals surface area contributed by atoms with Crippen molar-refractivity contribution in [1.82, 2.24) is 4.98 Å². The highest BCUT2D eigenvalue weighted by molar-refractivity contribution is 6.62. The molecule has 5 nitrogen and oxygen atoms in total. The molecule has 0 bridgehead atoms. The Morgan fingerprint density at radius 3 is 2.41 bits per heavy atom. The van der Waals surface area contributed by atoms with E-state index in [0.717, 1.165) is 24.4 Å². The predicted molar refractivity (Wildman–Crippen MR) is 89.7 cm³/mol. The van der Waals surface area contributed by atoms with Gasteiger partial charge in [0.1, 0.15) is 5.82 Å². The van der Waals surface area contributed by atoms with E-state index in [1.807, 2.05) is 18.3 Å². The van der Waals surface area contributed by atoms with E-state index in [1.165, 1.54) is 0 Å². The number of hydrogen-bond acceptors (Lipinski definition) is 5. The molecule has 1 aromatic rings. The highest BCUT2D eigenvalue weighted by Gasteiger charge is 2.51. The maximum atomic E-state index is 6.11. The van der Waals surface area contributed by atoms with Crippen LogP contribution in [0.25, 0.3) is 0 Å². The number of nitrogens with zero attached hydrogens (tertiary/aromatic N) is 2. The summed E-state index contributed by atoms with van der Waals surface area (Å²) in [7, 11) is 1.36. The first-order valence-electron chi connectivity index (χ1n) is 7.86. The van der Waals surface area contributed by atoms with Gasteiger partial charge in [-0.25, -0.2) is 4.98 Å². The Bertz CT molecular complexity index is 492. The summed E-state index contributed by atoms with van der Waals surface area (Å²) >= 11 is 0. The van der Waals surface area contributed by atoms with E-state index >= 15 is 0 Å². The molecule has 0 aliphatic carbocycles. The van der Waals surface area contributed by atoms with Crippen LogP contribution in [0.4, 0.5) is 5.82 Å². The SMILES string of the molecule is CCN(CCOC)c1cc(B2OC(C)(C)C(C)(C)O2)ccn1. The molecular weight excluding hydrogens is 279 g/mol. The third kappa shape index (κ3) is 3.45. The highest BCUT2D eigenvalue weighted by Crippen LogP contribution is 2.36. The van der Waals surface area contributed by atoms with Crippen LogP contribution in [0.3, 0.4) is 0 Å². The number of ether oxygens (including phenoxy) is 1. The first-order chi connectivity index (χ1) is 10.3. The van der Waals surface area contributed by atoms with E-state index in [4.69, 9.17) is 14.0 Å². The van der Waals surface area contributed by atoms with Gasteiger partial charge in [0.2, 0.25) is 0 Å². The monoisotopic (exact) mass is 306 g/mol. The number of likely N-dealkylation sites (N-methyl/N-ethyl adjacent to an activating group) is 1. The molecule has 1 aliphatic rings. The zero-order valence-corrected chi connectivity index (χ0v) is 14.5. The summed E-state index contributed by atoms with van der Waals surface area (Å²) in [5.41, 5.74) is 0.336. The molecule has 122 valence electrons. The van der Waals surface area contributed by atoms with Crippen LogP contribution in [0.5, 0.6) is 0 Å². The molecule has 2 heterocycles. The Balaban J connectivity index is 2.19. The standard InChI is InChI=1S/C16H27BN2O3/c1-7-19(10-11-20-6)14-12-13(8-9-18-14)17-21-15(2,3)16(4,5)22-17/h8-9,12H,7,10-11H2,1-6H3. The summed E-state index contributed by atoms with van der Waals surface area (Å²) in [6.07, 6.45) is 1.81. The topological polar surface area (TPSA) is 43.8 Å². The number of methoxy groups -OCH3 is 1. The molecule has 0 N–H and O–H groups in total. The van der Waals surface area contributed by atoms with Gasteiger partial charge in [0, 0.05) is 26.4 Å². The average molecular weight is 306 g/mol. The minimum atomic E-state index is -0.354. The zero-order chi connectivity index (χ0) is 16.4. The number of anilines is 1. The third-order valence-corrected chi connectivity index (χ3v) is 4.57. The molecule has 1 fully saturated rings. The molecule has 0 spiro atoms. The Hall–Kier alpha value is -1.11. The van der Waals surface area contributed by atoms with Crippen LogP contribution in [-0.4, -0.2) is 50.1 Å². The Morgan fingerprint density at radius 2 is 1.86 bits per heavy atom. The molecule has 0 aromatic carbocycles. The zero-order valence-electron chi connectivity index (χ0n) is 14.5. The van der Waals surface area contributed by atoms with E-state index in [-0.39, 0.29) is 18.3 Å². The lowest BCUT2D eigenvalue weighted by Crippen LogP contribution is -2.41. The number of aromatic nitrogens is 1. The minimum absolute atomic E-state index is 0.332. The lowest BCUT2D eigenvalue weighted by molar-refractivity contribution is 0.00578. The molecule has 22 heavy (non-hydrogen) atoms. The molecule has 0 radical (unpaired) electrons. The van der Waals surface area contributed by atoms with E-state index in [9.17, 15) is 0 Å². The van der Waals surface area contributed by atoms with Crippen molar-refractivity contribution in [3.63, 3.8) is 0 Å². The maximum absolute atomic E-state index is 6.11. The van der Waals surface area contributed by atoms with Crippen molar-refractivity contribution in [2.24, 2.45) is 0 Å². The Kier molecular flexibility index (Phi) is 5.15. The van der Waals surface area contributed by atoms with E-state index in [1.54, 1.807) is 7.11 Å². The molecule has 6 heteroatoms. The molecule has 1 aliphatic heterocycles. The van der Waals surface area contributed by atoms with Gasteiger partial charge in [-0.3, -0.25) is 0 Å². The van der Waals surface area contributed by atoms with Crippen molar-refractivity contribution in [3.05, 3.63) is 18.3 Å². The fourth-order valence-electron chi connectivity index (χ4n) is 2.37. The lowest BCUT2D eigenvalue weighted by atomic mass is 9.79. The van der Waals surface area contributed by atoms with Crippen LogP contribution in [0.1, 0.15) is 34.6 Å². The van der Waals surface area contributed by atoms with Crippen LogP contribution >= 0.6 is 0 Å². The lowest BCUT2D eigenvalue weighted by Gasteiger charge is -2.32. The minimum Gasteiger partial charge on any atom is -0.399 e. The maximum Gasteiger partial charge on any atom is 0.495 e. The smallest absolute Gasteiger partial charge is 0.399 e. The van der Waals surface area contributed by atoms with E-state index in [2.05, 4.69) is 44.5 Å². The first-order valence-corrected chi connectivity index (χ1v) is 7.86. The van der Waals surface area contributed by atoms with Crippen LogP contribution < -0.4 is 10.4 Å². The molecule has 2 rings (SSSR count). The van der Waals surface area contributed by atoms with Gasteiger partial charge in [-0.15, -0.1) is 0 Å². The van der Waals surface area contributed by atoms with Crippen LogP contribution in [0.15, 0.2) is 18.3 Å². The highest BCUT2D eigenvalue weighted by atomic mass is 16.7. The summed E-state index contributed by atoms with van der Waals surface area (Å²) in [6, 6.07) is 4.00. The largest absolute Gasteiger partial charge is 0.495 e. The van der Waals surface area contributed by atoms with Gasteiger partial charge in [0.05, 0.1) is 17.8 Å². The van der Waals surface area contributed by atoms with Crippen molar-refractivity contribution < 1.29 is 14.0 Å². The molecular formula is C16H27BN2O3. The summed E-state index contributed by atoms with van der Waals surface area (Å²) < 4.78 is 17.4. The van der Waals surface area contributed by atoms with Crippen molar-refractivity contribution in [3.8, 4) is 0 Å². The van der Waals surface area contributed by atoms with Crippen molar-refractivity contribution in [2.45, 2.75) is 45.8 Å². The molecule has 0 atom stereocenters. The molecule has 1 aromatic heterocycles. The Labute approximate surface area is 134 Å². The molecule has 0 saturated carbocycles. The van der Waals surface area contributed by atoms with Gasteiger partial charge in [-0.1, -0.05) is 0 Å². The summed E-state index contributed by atoms with van der Waals surface area (Å²) in [5, 5.41) is 0. The first kappa shape index (κ1) is 17.3. The second kappa shape index (κ2) is 6.56. The molecule has 0 unspecified atom stereocenters. The van der Waals surface area contributed by atoms with Gasteiger partial charge >= 0.3 is 7.12 Å². The van der Waals surface area contributed by atoms with Gasteiger partial charge in [0.25, 0.3) is 0 Å². The van der Waals surface area contributed by atoms with Crippen molar-refractivity contribution in [2.75, 3.05) is 31.7 Å². The van der Waals surface area contributed by atoms with Crippen LogP contribution in [0, 0.1) is 0 Å². The second-order valence-corrected chi connectivity index (χ2v) is 6.61. The van der Waals surface area contributed by atoms with Gasteiger partial charge in [0.15, 0.2) is 0 Å². The fourth-order valence-corrected chi connectivity index (χ4v) is 2.37. The summed E-state index contributed by atoms with van der Waals surface area (Å²) in [6.45, 7) is 12.7. The fraction of sp³-hybridized carbons (Fsp3) is 0.688. The quantitative estimate of drug-likeness (QED) is 0.751. The van der Waals surface area contributed by atoms with Crippen molar-refractivity contribution in [1.29, 1.82) is 0 Å². The van der Waals surface area contributed by atoms with Crippen molar-refractivity contribution >= 4 is 18.4 Å². The second-order valence-electron chi connectivity index (χ2n) is 6.61. The van der Waals surface area contributed by atoms with Crippen LogP contribution in [0.2, 0.25) is 0 Å². The van der Waals surface area contributed by atoms with Gasteiger partial charge in [-0.05, 0) is 52.2 Å². The molecule has 1 saturated heterocycles. The number of pyridine rings is 1. The molecule has 0 amide bonds. The van der Waals surface area contributed by atoms with Crippen LogP contribution in [-0.2, 0) is 14.0 Å². The average Bonchev–Trinajstić information content (AvgIpc) is 2.69. The summed E-state index contributed by atoms with van der Waals surface area (Å²) in [4.78, 5) is 6.65. The van der Waals surface area contributed by atoms with E-state index in [0.29, 0.717) is 6.61 Å². The number of rotatable bonds is 6. The van der Waals surface area contributed by atoms with Gasteiger partial charge in [-0.2, -0.15) is 0 Å². The predicted octanol–water partition coefficient (Wildman–Crippen LogP) is 1.85. The number of hydrogen-bond donors (Lipinski definition) is 0. The van der Waals surface area contributed by atoms with E-state index < -0.39 is 0 Å². The summed E-state index contributed by atoms with van der Waals surface area (Å²) in [5.74, 6) is 0.923. The normalized spacial score (nSPS) is 19.5. The third-order valence-electron chi connectivity index (χ3n) is 4.57. The Morgan fingerprint density at radius 1 is 1.23 bits per heavy atom. The van der Waals surface area contributed by atoms with Gasteiger partial charge < -0.3 is 18.9 Å².